The average molecular weight is 248 g/mol. The minimum Gasteiger partial charge on any atom is -0.508 e. The van der Waals surface area contributed by atoms with Crippen LogP contribution in [0.2, 0.25) is 0 Å². The van der Waals surface area contributed by atoms with Gasteiger partial charge in [0, 0.05) is 24.0 Å². The Morgan fingerprint density at radius 1 is 1.29 bits per heavy atom. The lowest BCUT2D eigenvalue weighted by Gasteiger charge is -2.06. The fourth-order valence-electron chi connectivity index (χ4n) is 1.67. The van der Waals surface area contributed by atoms with E-state index in [1.807, 2.05) is 26.0 Å². The molecule has 4 heteroatoms. The highest BCUT2D eigenvalue weighted by atomic mass is 32.1. The standard InChI is InChI=1S/C13H16N2OS/c1-9-3-4-13(16)11(5-9)6-14-7-12-8-17-10(2)15-12/h3-5,8,14,16H,6-7H2,1-2H3. The zero-order valence-electron chi connectivity index (χ0n) is 10.0. The average Bonchev–Trinajstić information content (AvgIpc) is 2.69. The lowest BCUT2D eigenvalue weighted by molar-refractivity contribution is 0.464. The molecular formula is C13H16N2OS. The summed E-state index contributed by atoms with van der Waals surface area (Å²) in [5, 5.41) is 16.1. The third-order valence-corrected chi connectivity index (χ3v) is 3.35. The topological polar surface area (TPSA) is 45.1 Å². The summed E-state index contributed by atoms with van der Waals surface area (Å²) < 4.78 is 0. The zero-order chi connectivity index (χ0) is 12.3. The Hall–Kier alpha value is -1.39. The Balaban J connectivity index is 1.91. The van der Waals surface area contributed by atoms with Crippen molar-refractivity contribution in [1.82, 2.24) is 10.3 Å². The van der Waals surface area contributed by atoms with Crippen LogP contribution in [0, 0.1) is 13.8 Å². The molecule has 0 saturated carbocycles. The van der Waals surface area contributed by atoms with Gasteiger partial charge in [-0.3, -0.25) is 0 Å². The summed E-state index contributed by atoms with van der Waals surface area (Å²) in [4.78, 5) is 4.38. The number of nitrogens with one attached hydrogen (secondary N) is 1. The van der Waals surface area contributed by atoms with Gasteiger partial charge >= 0.3 is 0 Å². The molecular weight excluding hydrogens is 232 g/mol. The number of phenols is 1. The van der Waals surface area contributed by atoms with Crippen LogP contribution in [0.4, 0.5) is 0 Å². The van der Waals surface area contributed by atoms with Gasteiger partial charge in [-0.15, -0.1) is 11.3 Å². The predicted molar refractivity (Wildman–Crippen MR) is 70.2 cm³/mol. The van der Waals surface area contributed by atoms with Gasteiger partial charge in [-0.05, 0) is 19.9 Å². The van der Waals surface area contributed by atoms with Crippen molar-refractivity contribution < 1.29 is 5.11 Å². The maximum atomic E-state index is 9.68. The van der Waals surface area contributed by atoms with Crippen molar-refractivity contribution in [2.75, 3.05) is 0 Å². The summed E-state index contributed by atoms with van der Waals surface area (Å²) in [5.41, 5.74) is 3.14. The fraction of sp³-hybridized carbons (Fsp3) is 0.308. The Kier molecular flexibility index (Phi) is 3.76. The van der Waals surface area contributed by atoms with Crippen LogP contribution in [-0.4, -0.2) is 10.1 Å². The summed E-state index contributed by atoms with van der Waals surface area (Å²) in [7, 11) is 0. The van der Waals surface area contributed by atoms with Gasteiger partial charge in [0.25, 0.3) is 0 Å². The molecule has 0 aliphatic heterocycles. The first-order valence-electron chi connectivity index (χ1n) is 5.55. The van der Waals surface area contributed by atoms with E-state index >= 15 is 0 Å². The van der Waals surface area contributed by atoms with Crippen LogP contribution in [0.1, 0.15) is 21.8 Å². The van der Waals surface area contributed by atoms with Gasteiger partial charge in [0.15, 0.2) is 0 Å². The number of phenolic OH excluding ortho intramolecular Hbond substituents is 1. The molecule has 2 rings (SSSR count). The van der Waals surface area contributed by atoms with E-state index in [1.54, 1.807) is 17.4 Å². The second-order valence-electron chi connectivity index (χ2n) is 4.09. The van der Waals surface area contributed by atoms with Gasteiger partial charge in [0.2, 0.25) is 0 Å². The molecule has 0 aliphatic rings. The highest BCUT2D eigenvalue weighted by molar-refractivity contribution is 7.09. The first-order chi connectivity index (χ1) is 8.15. The van der Waals surface area contributed by atoms with Gasteiger partial charge in [-0.2, -0.15) is 0 Å². The van der Waals surface area contributed by atoms with E-state index in [2.05, 4.69) is 15.7 Å². The van der Waals surface area contributed by atoms with Crippen molar-refractivity contribution in [3.05, 3.63) is 45.4 Å². The SMILES string of the molecule is Cc1ccc(O)c(CNCc2csc(C)n2)c1. The minimum absolute atomic E-state index is 0.345. The van der Waals surface area contributed by atoms with Crippen LogP contribution in [0.25, 0.3) is 0 Å². The molecule has 0 fully saturated rings. The largest absolute Gasteiger partial charge is 0.508 e. The summed E-state index contributed by atoms with van der Waals surface area (Å²) in [5.74, 6) is 0.345. The number of rotatable bonds is 4. The van der Waals surface area contributed by atoms with Gasteiger partial charge < -0.3 is 10.4 Å². The molecule has 1 aromatic heterocycles. The van der Waals surface area contributed by atoms with Crippen LogP contribution >= 0.6 is 11.3 Å². The molecule has 0 spiro atoms. The summed E-state index contributed by atoms with van der Waals surface area (Å²) >= 11 is 1.66. The lowest BCUT2D eigenvalue weighted by Crippen LogP contribution is -2.13. The molecule has 1 heterocycles. The smallest absolute Gasteiger partial charge is 0.120 e. The molecule has 0 radical (unpaired) electrons. The van der Waals surface area contributed by atoms with Gasteiger partial charge in [-0.25, -0.2) is 4.98 Å². The van der Waals surface area contributed by atoms with E-state index < -0.39 is 0 Å². The molecule has 90 valence electrons. The first-order valence-corrected chi connectivity index (χ1v) is 6.43. The molecule has 2 N–H and O–H groups in total. The number of hydrogen-bond donors (Lipinski definition) is 2. The van der Waals surface area contributed by atoms with Crippen LogP contribution in [0.5, 0.6) is 5.75 Å². The normalized spacial score (nSPS) is 10.7. The van der Waals surface area contributed by atoms with Crippen LogP contribution in [0.15, 0.2) is 23.6 Å². The number of aryl methyl sites for hydroxylation is 2. The monoisotopic (exact) mass is 248 g/mol. The molecule has 0 bridgehead atoms. The van der Waals surface area contributed by atoms with E-state index in [1.165, 1.54) is 0 Å². The van der Waals surface area contributed by atoms with E-state index in [-0.39, 0.29) is 0 Å². The van der Waals surface area contributed by atoms with E-state index in [0.29, 0.717) is 12.3 Å². The molecule has 17 heavy (non-hydrogen) atoms. The summed E-state index contributed by atoms with van der Waals surface area (Å²) in [6, 6.07) is 5.64. The summed E-state index contributed by atoms with van der Waals surface area (Å²) in [6.07, 6.45) is 0. The van der Waals surface area contributed by atoms with Crippen LogP contribution in [0.3, 0.4) is 0 Å². The molecule has 0 unspecified atom stereocenters. The van der Waals surface area contributed by atoms with Crippen molar-refractivity contribution in [3.63, 3.8) is 0 Å². The van der Waals surface area contributed by atoms with E-state index in [4.69, 9.17) is 0 Å². The van der Waals surface area contributed by atoms with Crippen molar-refractivity contribution >= 4 is 11.3 Å². The maximum Gasteiger partial charge on any atom is 0.120 e. The zero-order valence-corrected chi connectivity index (χ0v) is 10.8. The lowest BCUT2D eigenvalue weighted by atomic mass is 10.1. The quantitative estimate of drug-likeness (QED) is 0.874. The van der Waals surface area contributed by atoms with Gasteiger partial charge in [0.05, 0.1) is 10.7 Å². The fourth-order valence-corrected chi connectivity index (χ4v) is 2.28. The number of hydrogen-bond acceptors (Lipinski definition) is 4. The minimum atomic E-state index is 0.345. The molecule has 1 aromatic carbocycles. The van der Waals surface area contributed by atoms with Crippen LogP contribution in [-0.2, 0) is 13.1 Å². The predicted octanol–water partition coefficient (Wildman–Crippen LogP) is 2.76. The second kappa shape index (κ2) is 5.29. The molecule has 0 atom stereocenters. The highest BCUT2D eigenvalue weighted by Gasteiger charge is 2.02. The highest BCUT2D eigenvalue weighted by Crippen LogP contribution is 2.18. The van der Waals surface area contributed by atoms with Crippen LogP contribution < -0.4 is 5.32 Å². The first kappa shape index (κ1) is 12.1. The Labute approximate surface area is 105 Å². The van der Waals surface area contributed by atoms with Gasteiger partial charge in [-0.1, -0.05) is 17.7 Å². The number of aromatic hydroxyl groups is 1. The summed E-state index contributed by atoms with van der Waals surface area (Å²) in [6.45, 7) is 5.41. The second-order valence-corrected chi connectivity index (χ2v) is 5.16. The molecule has 0 saturated heterocycles. The van der Waals surface area contributed by atoms with Gasteiger partial charge in [0.1, 0.15) is 5.75 Å². The van der Waals surface area contributed by atoms with Crippen molar-refractivity contribution in [3.8, 4) is 5.75 Å². The number of aromatic nitrogens is 1. The van der Waals surface area contributed by atoms with Crippen molar-refractivity contribution in [2.45, 2.75) is 26.9 Å². The maximum absolute atomic E-state index is 9.68. The third-order valence-electron chi connectivity index (χ3n) is 2.52. The molecule has 2 aromatic rings. The van der Waals surface area contributed by atoms with Crippen molar-refractivity contribution in [1.29, 1.82) is 0 Å². The number of thiazole rings is 1. The Morgan fingerprint density at radius 3 is 2.82 bits per heavy atom. The number of nitrogens with zero attached hydrogens (tertiary/aromatic N) is 1. The third kappa shape index (κ3) is 3.28. The number of benzene rings is 1. The molecule has 3 nitrogen and oxygen atoms in total. The molecule has 0 amide bonds. The molecule has 0 aliphatic carbocycles. The Bertz CT molecular complexity index is 508. The van der Waals surface area contributed by atoms with E-state index in [9.17, 15) is 5.11 Å². The van der Waals surface area contributed by atoms with E-state index in [0.717, 1.165) is 28.4 Å². The van der Waals surface area contributed by atoms with Crippen molar-refractivity contribution in [2.24, 2.45) is 0 Å². The Morgan fingerprint density at radius 2 is 2.12 bits per heavy atom.